The summed E-state index contributed by atoms with van der Waals surface area (Å²) in [6, 6.07) is 58.5. The van der Waals surface area contributed by atoms with Crippen molar-refractivity contribution in [3.8, 4) is 28.7 Å². The van der Waals surface area contributed by atoms with E-state index in [0.29, 0.717) is 61.4 Å². The van der Waals surface area contributed by atoms with E-state index in [1.54, 1.807) is 24.3 Å². The quantitative estimate of drug-likeness (QED) is 0.0965. The molecule has 0 spiro atoms. The number of hydrogen-bond donors (Lipinski definition) is 0. The van der Waals surface area contributed by atoms with Crippen molar-refractivity contribution in [2.75, 3.05) is 0 Å². The first-order valence-electron chi connectivity index (χ1n) is 19.0. The summed E-state index contributed by atoms with van der Waals surface area (Å²) < 4.78 is 38.0. The molecule has 0 amide bonds. The minimum Gasteiger partial charge on any atom is -0.489 e. The number of ether oxygens (including phenoxy) is 6. The molecule has 57 heavy (non-hydrogen) atoms. The number of esters is 1. The summed E-state index contributed by atoms with van der Waals surface area (Å²) in [6.07, 6.45) is -0.978. The lowest BCUT2D eigenvalue weighted by Crippen LogP contribution is -2.35. The molecule has 0 aromatic heterocycles. The molecule has 0 bridgehead atoms. The van der Waals surface area contributed by atoms with Crippen LogP contribution in [0.5, 0.6) is 28.7 Å². The summed E-state index contributed by atoms with van der Waals surface area (Å²) in [5.41, 5.74) is 6.22. The topological polar surface area (TPSA) is 72.5 Å². The summed E-state index contributed by atoms with van der Waals surface area (Å²) in [4.78, 5) is 13.8. The van der Waals surface area contributed by atoms with Crippen molar-refractivity contribution in [2.24, 2.45) is 0 Å². The van der Waals surface area contributed by atoms with Crippen LogP contribution in [0.4, 0.5) is 0 Å². The molecule has 7 aromatic carbocycles. The van der Waals surface area contributed by atoms with Gasteiger partial charge in [-0.1, -0.05) is 133 Å². The highest BCUT2D eigenvalue weighted by molar-refractivity contribution is 5.89. The monoisotopic (exact) mass is 754 g/mol. The number of carbonyl (C=O) groups excluding carboxylic acids is 1. The van der Waals surface area contributed by atoms with Gasteiger partial charge in [0, 0.05) is 24.1 Å². The zero-order valence-corrected chi connectivity index (χ0v) is 31.4. The van der Waals surface area contributed by atoms with Crippen LogP contribution in [-0.4, -0.2) is 12.1 Å². The molecule has 284 valence electrons. The zero-order chi connectivity index (χ0) is 38.7. The second-order valence-electron chi connectivity index (χ2n) is 13.8. The van der Waals surface area contributed by atoms with Crippen LogP contribution >= 0.6 is 0 Å². The van der Waals surface area contributed by atoms with Gasteiger partial charge in [-0.3, -0.25) is 0 Å². The van der Waals surface area contributed by atoms with E-state index >= 15 is 0 Å². The highest BCUT2D eigenvalue weighted by Crippen LogP contribution is 2.44. The molecular formula is C50H42O7. The summed E-state index contributed by atoms with van der Waals surface area (Å²) in [6.45, 7) is 1.59. The maximum atomic E-state index is 13.8. The fourth-order valence-corrected chi connectivity index (χ4v) is 6.63. The molecule has 0 saturated carbocycles. The van der Waals surface area contributed by atoms with Crippen LogP contribution in [0.1, 0.15) is 49.8 Å². The van der Waals surface area contributed by atoms with Gasteiger partial charge >= 0.3 is 5.97 Å². The van der Waals surface area contributed by atoms with Gasteiger partial charge in [-0.25, -0.2) is 4.79 Å². The van der Waals surface area contributed by atoms with Crippen LogP contribution in [0.15, 0.2) is 182 Å². The Hall–Kier alpha value is -6.99. The van der Waals surface area contributed by atoms with Gasteiger partial charge in [-0.05, 0) is 64.2 Å². The van der Waals surface area contributed by atoms with Crippen LogP contribution in [0.3, 0.4) is 0 Å². The highest BCUT2D eigenvalue weighted by atomic mass is 16.6. The molecule has 1 heterocycles. The van der Waals surface area contributed by atoms with E-state index in [9.17, 15) is 4.79 Å². The fourth-order valence-electron chi connectivity index (χ4n) is 6.63. The Morgan fingerprint density at radius 2 is 0.930 bits per heavy atom. The lowest BCUT2D eigenvalue weighted by Gasteiger charge is -2.34. The number of hydrogen-bond acceptors (Lipinski definition) is 7. The van der Waals surface area contributed by atoms with Gasteiger partial charge in [0.05, 0.1) is 5.56 Å². The van der Waals surface area contributed by atoms with Crippen molar-refractivity contribution in [2.45, 2.75) is 45.1 Å². The average molecular weight is 755 g/mol. The van der Waals surface area contributed by atoms with E-state index in [-0.39, 0.29) is 0 Å². The molecule has 7 aromatic rings. The number of rotatable bonds is 15. The van der Waals surface area contributed by atoms with Crippen molar-refractivity contribution in [1.82, 2.24) is 0 Å². The van der Waals surface area contributed by atoms with Gasteiger partial charge in [-0.2, -0.15) is 0 Å². The van der Waals surface area contributed by atoms with E-state index in [1.807, 2.05) is 158 Å². The summed E-state index contributed by atoms with van der Waals surface area (Å²) in [7, 11) is 0. The van der Waals surface area contributed by atoms with E-state index in [2.05, 4.69) is 0 Å². The maximum absolute atomic E-state index is 13.8. The Kier molecular flexibility index (Phi) is 11.7. The fraction of sp³-hybridized carbons (Fsp3) is 0.140. The predicted octanol–water partition coefficient (Wildman–Crippen LogP) is 10.9. The second kappa shape index (κ2) is 18.1. The minimum atomic E-state index is -0.690. The normalized spacial score (nSPS) is 14.4. The largest absolute Gasteiger partial charge is 0.489 e. The number of carbonyl (C=O) groups is 1. The lowest BCUT2D eigenvalue weighted by atomic mass is 9.93. The first kappa shape index (κ1) is 37.0. The Labute approximate surface area is 333 Å². The summed E-state index contributed by atoms with van der Waals surface area (Å²) in [5.74, 6) is 2.71. The van der Waals surface area contributed by atoms with E-state index in [0.717, 1.165) is 39.1 Å². The summed E-state index contributed by atoms with van der Waals surface area (Å²) >= 11 is 0. The van der Waals surface area contributed by atoms with Crippen LogP contribution < -0.4 is 23.7 Å². The molecule has 7 heteroatoms. The third-order valence-corrected chi connectivity index (χ3v) is 9.68. The van der Waals surface area contributed by atoms with Gasteiger partial charge in [0.25, 0.3) is 0 Å². The summed E-state index contributed by atoms with van der Waals surface area (Å²) in [5, 5.41) is 0. The van der Waals surface area contributed by atoms with Gasteiger partial charge in [0.15, 0.2) is 6.10 Å². The molecule has 0 radical (unpaired) electrons. The Morgan fingerprint density at radius 3 is 1.42 bits per heavy atom. The van der Waals surface area contributed by atoms with Gasteiger partial charge < -0.3 is 28.4 Å². The van der Waals surface area contributed by atoms with Gasteiger partial charge in [0.2, 0.25) is 0 Å². The molecule has 0 aliphatic carbocycles. The van der Waals surface area contributed by atoms with E-state index < -0.39 is 18.2 Å². The number of fused-ring (bicyclic) bond motifs is 1. The van der Waals surface area contributed by atoms with Crippen LogP contribution in [0.25, 0.3) is 0 Å². The Morgan fingerprint density at radius 1 is 0.491 bits per heavy atom. The smallest absolute Gasteiger partial charge is 0.338 e. The Balaban J connectivity index is 1.06. The first-order valence-corrected chi connectivity index (χ1v) is 19.0. The molecular weight excluding hydrogens is 713 g/mol. The first-order chi connectivity index (χ1) is 28.1. The minimum absolute atomic E-state index is 0.340. The zero-order valence-electron chi connectivity index (χ0n) is 31.4. The van der Waals surface area contributed by atoms with Crippen molar-refractivity contribution in [1.29, 1.82) is 0 Å². The molecule has 0 unspecified atom stereocenters. The molecule has 1 aliphatic rings. The van der Waals surface area contributed by atoms with Crippen molar-refractivity contribution in [3.05, 3.63) is 221 Å². The Bertz CT molecular complexity index is 2330. The van der Waals surface area contributed by atoms with Crippen molar-refractivity contribution in [3.63, 3.8) is 0 Å². The van der Waals surface area contributed by atoms with Crippen LogP contribution in [0, 0.1) is 0 Å². The van der Waals surface area contributed by atoms with Gasteiger partial charge in [0.1, 0.15) is 61.3 Å². The SMILES string of the molecule is O=C(O[C@H]1Cc2c(OCc3ccccc3)cc(OCc3ccccc3)cc2O[C@@H]1c1ccc(OCc2ccccc2)cc1)c1ccc(OCc2ccccc2)cc1. The highest BCUT2D eigenvalue weighted by Gasteiger charge is 2.37. The molecule has 2 atom stereocenters. The molecule has 1 aliphatic heterocycles. The molecule has 7 nitrogen and oxygen atoms in total. The number of benzene rings is 7. The maximum Gasteiger partial charge on any atom is 0.338 e. The molecule has 0 N–H and O–H groups in total. The average Bonchev–Trinajstić information content (AvgIpc) is 3.28. The predicted molar refractivity (Wildman–Crippen MR) is 219 cm³/mol. The van der Waals surface area contributed by atoms with Gasteiger partial charge in [-0.15, -0.1) is 0 Å². The van der Waals surface area contributed by atoms with E-state index in [4.69, 9.17) is 28.4 Å². The van der Waals surface area contributed by atoms with Crippen molar-refractivity contribution < 1.29 is 33.2 Å². The second-order valence-corrected chi connectivity index (χ2v) is 13.8. The lowest BCUT2D eigenvalue weighted by molar-refractivity contribution is -0.0189. The third-order valence-electron chi connectivity index (χ3n) is 9.68. The van der Waals surface area contributed by atoms with E-state index in [1.165, 1.54) is 0 Å². The molecule has 0 saturated heterocycles. The van der Waals surface area contributed by atoms with Crippen LogP contribution in [-0.2, 0) is 37.6 Å². The molecule has 0 fully saturated rings. The standard InChI is InChI=1S/C50H42O7/c51-50(41-23-27-43(28-24-41)53-33-37-15-7-2-8-16-37)57-48-31-45-46(55-35-39-19-11-4-12-20-39)29-44(54-34-38-17-9-3-10-18-38)30-47(45)56-49(48)40-21-25-42(26-22-40)52-32-36-13-5-1-6-14-36/h1-30,48-49H,31-35H2/t48-,49+/m0/s1. The third kappa shape index (κ3) is 9.82. The molecule has 8 rings (SSSR count). The van der Waals surface area contributed by atoms with Crippen molar-refractivity contribution >= 4 is 5.97 Å². The van der Waals surface area contributed by atoms with Crippen LogP contribution in [0.2, 0.25) is 0 Å².